The fourth-order valence-corrected chi connectivity index (χ4v) is 3.11. The van der Waals surface area contributed by atoms with E-state index < -0.39 is 5.97 Å². The van der Waals surface area contributed by atoms with Crippen molar-refractivity contribution in [2.75, 3.05) is 13.1 Å². The van der Waals surface area contributed by atoms with Gasteiger partial charge in [-0.25, -0.2) is 0 Å². The zero-order valence-electron chi connectivity index (χ0n) is 11.3. The zero-order chi connectivity index (χ0) is 12.6. The lowest BCUT2D eigenvalue weighted by Crippen LogP contribution is -2.48. The first-order chi connectivity index (χ1) is 7.89. The van der Waals surface area contributed by atoms with Crippen molar-refractivity contribution in [2.24, 2.45) is 17.3 Å². The number of carboxylic acid groups (broad SMARTS) is 1. The number of rotatable bonds is 3. The second kappa shape index (κ2) is 4.60. The molecule has 0 radical (unpaired) electrons. The smallest absolute Gasteiger partial charge is 0.321 e. The summed E-state index contributed by atoms with van der Waals surface area (Å²) in [6.45, 7) is 8.82. The molecule has 1 aliphatic carbocycles. The summed E-state index contributed by atoms with van der Waals surface area (Å²) in [6.07, 6.45) is 4.52. The molecular weight excluding hydrogens is 214 g/mol. The predicted molar refractivity (Wildman–Crippen MR) is 67.9 cm³/mol. The summed E-state index contributed by atoms with van der Waals surface area (Å²) >= 11 is 0. The number of piperidine rings is 1. The highest BCUT2D eigenvalue weighted by atomic mass is 16.4. The molecular formula is C14H25NO2. The Balaban J connectivity index is 1.91. The van der Waals surface area contributed by atoms with Gasteiger partial charge in [-0.05, 0) is 56.0 Å². The first-order valence-electron chi connectivity index (χ1n) is 6.86. The van der Waals surface area contributed by atoms with Gasteiger partial charge >= 0.3 is 5.97 Å². The molecule has 1 unspecified atom stereocenters. The first kappa shape index (κ1) is 12.9. The second-order valence-electron chi connectivity index (χ2n) is 6.80. The minimum atomic E-state index is -0.610. The van der Waals surface area contributed by atoms with Crippen molar-refractivity contribution in [3.05, 3.63) is 0 Å². The lowest BCUT2D eigenvalue weighted by molar-refractivity contribution is -0.145. The normalized spacial score (nSPS) is 25.8. The van der Waals surface area contributed by atoms with Gasteiger partial charge < -0.3 is 5.11 Å². The molecule has 0 spiro atoms. The van der Waals surface area contributed by atoms with E-state index >= 15 is 0 Å². The lowest BCUT2D eigenvalue weighted by atomic mass is 9.75. The van der Waals surface area contributed by atoms with Crippen molar-refractivity contribution in [1.82, 2.24) is 4.90 Å². The maximum absolute atomic E-state index is 11.3. The maximum Gasteiger partial charge on any atom is 0.321 e. The number of carboxylic acids is 1. The molecule has 1 N–H and O–H groups in total. The van der Waals surface area contributed by atoms with Crippen molar-refractivity contribution >= 4 is 5.97 Å². The monoisotopic (exact) mass is 239 g/mol. The molecule has 3 nitrogen and oxygen atoms in total. The molecule has 0 aromatic rings. The Morgan fingerprint density at radius 1 is 1.18 bits per heavy atom. The zero-order valence-corrected chi connectivity index (χ0v) is 11.3. The van der Waals surface area contributed by atoms with Crippen LogP contribution < -0.4 is 0 Å². The Kier molecular flexibility index (Phi) is 3.48. The third kappa shape index (κ3) is 3.01. The number of carbonyl (C=O) groups is 1. The SMILES string of the molecule is CC(C)(C)C1CCN(C(C(=O)O)C2CC2)CC1. The average Bonchev–Trinajstić information content (AvgIpc) is 3.01. The van der Waals surface area contributed by atoms with Gasteiger partial charge in [0, 0.05) is 0 Å². The summed E-state index contributed by atoms with van der Waals surface area (Å²) in [5, 5.41) is 9.32. The topological polar surface area (TPSA) is 40.5 Å². The van der Waals surface area contributed by atoms with Crippen LogP contribution in [-0.4, -0.2) is 35.1 Å². The van der Waals surface area contributed by atoms with E-state index in [1.165, 1.54) is 0 Å². The minimum absolute atomic E-state index is 0.198. The van der Waals surface area contributed by atoms with Crippen LogP contribution in [0.1, 0.15) is 46.5 Å². The van der Waals surface area contributed by atoms with Crippen LogP contribution in [0.2, 0.25) is 0 Å². The van der Waals surface area contributed by atoms with Crippen LogP contribution in [0, 0.1) is 17.3 Å². The van der Waals surface area contributed by atoms with Gasteiger partial charge in [0.2, 0.25) is 0 Å². The molecule has 1 atom stereocenters. The molecule has 0 amide bonds. The molecule has 17 heavy (non-hydrogen) atoms. The lowest BCUT2D eigenvalue weighted by Gasteiger charge is -2.40. The Morgan fingerprint density at radius 3 is 2.06 bits per heavy atom. The molecule has 2 aliphatic rings. The number of nitrogens with zero attached hydrogens (tertiary/aromatic N) is 1. The molecule has 0 aromatic carbocycles. The quantitative estimate of drug-likeness (QED) is 0.823. The van der Waals surface area contributed by atoms with Crippen LogP contribution in [-0.2, 0) is 4.79 Å². The Morgan fingerprint density at radius 2 is 1.71 bits per heavy atom. The van der Waals surface area contributed by atoms with Crippen molar-refractivity contribution in [1.29, 1.82) is 0 Å². The van der Waals surface area contributed by atoms with Crippen LogP contribution in [0.3, 0.4) is 0 Å². The number of hydrogen-bond donors (Lipinski definition) is 1. The van der Waals surface area contributed by atoms with E-state index in [9.17, 15) is 9.90 Å². The van der Waals surface area contributed by atoms with Crippen LogP contribution in [0.15, 0.2) is 0 Å². The predicted octanol–water partition coefficient (Wildman–Crippen LogP) is 2.61. The van der Waals surface area contributed by atoms with Gasteiger partial charge in [0.15, 0.2) is 0 Å². The standard InChI is InChI=1S/C14H25NO2/c1-14(2,3)11-6-8-15(9-7-11)12(13(16)17)10-4-5-10/h10-12H,4-9H2,1-3H3,(H,16,17). The molecule has 98 valence electrons. The third-order valence-corrected chi connectivity index (χ3v) is 4.47. The highest BCUT2D eigenvalue weighted by Crippen LogP contribution is 2.39. The van der Waals surface area contributed by atoms with E-state index in [-0.39, 0.29) is 6.04 Å². The largest absolute Gasteiger partial charge is 0.480 e. The Hall–Kier alpha value is -0.570. The van der Waals surface area contributed by atoms with Gasteiger partial charge in [-0.1, -0.05) is 20.8 Å². The number of hydrogen-bond acceptors (Lipinski definition) is 2. The summed E-state index contributed by atoms with van der Waals surface area (Å²) in [5.74, 6) is 0.563. The molecule has 3 heteroatoms. The van der Waals surface area contributed by atoms with Crippen LogP contribution in [0.5, 0.6) is 0 Å². The molecule has 1 aliphatic heterocycles. The molecule has 2 rings (SSSR count). The Labute approximate surface area is 104 Å². The van der Waals surface area contributed by atoms with E-state index in [0.717, 1.165) is 44.7 Å². The van der Waals surface area contributed by atoms with Crippen LogP contribution in [0.25, 0.3) is 0 Å². The minimum Gasteiger partial charge on any atom is -0.480 e. The molecule has 1 saturated heterocycles. The second-order valence-corrected chi connectivity index (χ2v) is 6.80. The highest BCUT2D eigenvalue weighted by molar-refractivity contribution is 5.74. The summed E-state index contributed by atoms with van der Waals surface area (Å²) in [5.41, 5.74) is 0.365. The van der Waals surface area contributed by atoms with E-state index in [1.54, 1.807) is 0 Å². The van der Waals surface area contributed by atoms with Crippen molar-refractivity contribution in [3.63, 3.8) is 0 Å². The molecule has 2 fully saturated rings. The molecule has 1 heterocycles. The summed E-state index contributed by atoms with van der Waals surface area (Å²) in [4.78, 5) is 13.5. The van der Waals surface area contributed by atoms with Crippen LogP contribution >= 0.6 is 0 Å². The van der Waals surface area contributed by atoms with Crippen molar-refractivity contribution in [3.8, 4) is 0 Å². The van der Waals surface area contributed by atoms with Gasteiger partial charge in [0.1, 0.15) is 6.04 Å². The summed E-state index contributed by atoms with van der Waals surface area (Å²) < 4.78 is 0. The van der Waals surface area contributed by atoms with Crippen LogP contribution in [0.4, 0.5) is 0 Å². The fourth-order valence-electron chi connectivity index (χ4n) is 3.11. The highest BCUT2D eigenvalue weighted by Gasteiger charge is 2.42. The Bertz CT molecular complexity index is 283. The summed E-state index contributed by atoms with van der Waals surface area (Å²) in [7, 11) is 0. The molecule has 1 saturated carbocycles. The van der Waals surface area contributed by atoms with E-state index in [2.05, 4.69) is 25.7 Å². The molecule has 0 aromatic heterocycles. The van der Waals surface area contributed by atoms with Crippen molar-refractivity contribution in [2.45, 2.75) is 52.5 Å². The molecule has 0 bridgehead atoms. The van der Waals surface area contributed by atoms with Gasteiger partial charge in [-0.15, -0.1) is 0 Å². The number of likely N-dealkylation sites (tertiary alicyclic amines) is 1. The number of aliphatic carboxylic acids is 1. The van der Waals surface area contributed by atoms with Gasteiger partial charge in [0.25, 0.3) is 0 Å². The van der Waals surface area contributed by atoms with E-state index in [1.807, 2.05) is 0 Å². The van der Waals surface area contributed by atoms with E-state index in [4.69, 9.17) is 0 Å². The van der Waals surface area contributed by atoms with Gasteiger partial charge in [-0.2, -0.15) is 0 Å². The van der Waals surface area contributed by atoms with Gasteiger partial charge in [-0.3, -0.25) is 9.69 Å². The average molecular weight is 239 g/mol. The fraction of sp³-hybridized carbons (Fsp3) is 0.929. The third-order valence-electron chi connectivity index (χ3n) is 4.47. The van der Waals surface area contributed by atoms with Gasteiger partial charge in [0.05, 0.1) is 0 Å². The van der Waals surface area contributed by atoms with E-state index in [0.29, 0.717) is 11.3 Å². The van der Waals surface area contributed by atoms with Crippen molar-refractivity contribution < 1.29 is 9.90 Å². The summed E-state index contributed by atoms with van der Waals surface area (Å²) in [6, 6.07) is -0.198. The first-order valence-corrected chi connectivity index (χ1v) is 6.86. The maximum atomic E-state index is 11.3.